The zero-order valence-electron chi connectivity index (χ0n) is 16.5. The number of rotatable bonds is 3. The van der Waals surface area contributed by atoms with Crippen molar-refractivity contribution in [2.24, 2.45) is 5.92 Å². The highest BCUT2D eigenvalue weighted by Crippen LogP contribution is 2.47. The Balaban J connectivity index is 1.58. The molecule has 0 aliphatic carbocycles. The highest BCUT2D eigenvalue weighted by molar-refractivity contribution is 6.31. The molecular formula is C24H18ClFN2O3. The molecule has 2 saturated heterocycles. The third kappa shape index (κ3) is 3.19. The average molecular weight is 437 g/mol. The van der Waals surface area contributed by atoms with E-state index in [1.807, 2.05) is 61.5 Å². The Kier molecular flexibility index (Phi) is 4.76. The Labute approximate surface area is 183 Å². The van der Waals surface area contributed by atoms with Crippen LogP contribution in [-0.2, 0) is 14.4 Å². The second-order valence-corrected chi connectivity index (χ2v) is 8.09. The van der Waals surface area contributed by atoms with E-state index in [0.717, 1.165) is 27.8 Å². The summed E-state index contributed by atoms with van der Waals surface area (Å²) in [5.41, 5.74) is 2.82. The largest absolute Gasteiger partial charge is 0.273 e. The Morgan fingerprint density at radius 1 is 0.903 bits per heavy atom. The predicted octanol–water partition coefficient (Wildman–Crippen LogP) is 4.84. The Morgan fingerprint density at radius 2 is 1.61 bits per heavy atom. The molecule has 0 spiro atoms. The van der Waals surface area contributed by atoms with Gasteiger partial charge in [-0.25, -0.2) is 14.4 Å². The molecule has 5 rings (SSSR count). The summed E-state index contributed by atoms with van der Waals surface area (Å²) in [6, 6.07) is 20.5. The second-order valence-electron chi connectivity index (χ2n) is 7.68. The van der Waals surface area contributed by atoms with Gasteiger partial charge in [0, 0.05) is 0 Å². The maximum absolute atomic E-state index is 14.0. The number of carbonyl (C=O) groups excluding carboxylic acids is 2. The number of para-hydroxylation sites is 1. The lowest BCUT2D eigenvalue weighted by atomic mass is 9.90. The van der Waals surface area contributed by atoms with Crippen molar-refractivity contribution in [1.29, 1.82) is 0 Å². The fourth-order valence-corrected chi connectivity index (χ4v) is 4.31. The standard InChI is InChI=1S/C24H18ClFN2O3/c1-14-7-9-15(10-8-14)21-20-22(31-28(21)16-5-3-2-4-6-16)24(30)27(23(20)29)17-11-12-18(25)19(26)13-17/h2-13,20-22H,1H3/t20-,21-,22+/m1/s1. The Bertz CT molecular complexity index is 1170. The number of anilines is 2. The normalized spacial score (nSPS) is 22.9. The molecule has 3 aromatic rings. The van der Waals surface area contributed by atoms with E-state index in [1.54, 1.807) is 5.06 Å². The van der Waals surface area contributed by atoms with E-state index in [4.69, 9.17) is 16.4 Å². The number of halogens is 2. The molecule has 0 unspecified atom stereocenters. The van der Waals surface area contributed by atoms with Gasteiger partial charge in [0.05, 0.1) is 22.4 Å². The van der Waals surface area contributed by atoms with E-state index in [-0.39, 0.29) is 10.7 Å². The van der Waals surface area contributed by atoms with Crippen LogP contribution in [0.15, 0.2) is 72.8 Å². The lowest BCUT2D eigenvalue weighted by Crippen LogP contribution is -2.37. The highest BCUT2D eigenvalue weighted by atomic mass is 35.5. The summed E-state index contributed by atoms with van der Waals surface area (Å²) >= 11 is 5.76. The molecule has 3 atom stereocenters. The first kappa shape index (κ1) is 19.7. The number of imide groups is 1. The molecular weight excluding hydrogens is 419 g/mol. The Hall–Kier alpha value is -3.22. The minimum atomic E-state index is -1.00. The first-order chi connectivity index (χ1) is 15.0. The molecule has 0 saturated carbocycles. The second kappa shape index (κ2) is 7.48. The van der Waals surface area contributed by atoms with Gasteiger partial charge in [-0.15, -0.1) is 0 Å². The lowest BCUT2D eigenvalue weighted by Gasteiger charge is -2.28. The molecule has 7 heteroatoms. The van der Waals surface area contributed by atoms with E-state index in [1.165, 1.54) is 12.1 Å². The number of nitrogens with zero attached hydrogens (tertiary/aromatic N) is 2. The number of amides is 2. The number of benzene rings is 3. The summed E-state index contributed by atoms with van der Waals surface area (Å²) in [6.45, 7) is 1.98. The summed E-state index contributed by atoms with van der Waals surface area (Å²) in [4.78, 5) is 33.7. The molecule has 2 aliphatic heterocycles. The van der Waals surface area contributed by atoms with Crippen molar-refractivity contribution in [3.8, 4) is 0 Å². The van der Waals surface area contributed by atoms with E-state index < -0.39 is 35.7 Å². The topological polar surface area (TPSA) is 49.9 Å². The molecule has 2 heterocycles. The van der Waals surface area contributed by atoms with Crippen molar-refractivity contribution in [2.45, 2.75) is 19.1 Å². The molecule has 2 amide bonds. The third-order valence-corrected chi connectivity index (χ3v) is 6.01. The number of hydrogen-bond donors (Lipinski definition) is 0. The van der Waals surface area contributed by atoms with Crippen LogP contribution in [0.4, 0.5) is 15.8 Å². The van der Waals surface area contributed by atoms with E-state index in [0.29, 0.717) is 0 Å². The molecule has 31 heavy (non-hydrogen) atoms. The smallest absolute Gasteiger partial charge is 0.266 e. The van der Waals surface area contributed by atoms with Gasteiger partial charge in [-0.2, -0.15) is 0 Å². The average Bonchev–Trinajstić information content (AvgIpc) is 3.28. The first-order valence-electron chi connectivity index (χ1n) is 9.86. The van der Waals surface area contributed by atoms with E-state index in [9.17, 15) is 14.0 Å². The van der Waals surface area contributed by atoms with E-state index >= 15 is 0 Å². The van der Waals surface area contributed by atoms with Crippen molar-refractivity contribution in [2.75, 3.05) is 9.96 Å². The summed E-state index contributed by atoms with van der Waals surface area (Å²) in [5.74, 6) is -2.42. The van der Waals surface area contributed by atoms with Crippen LogP contribution < -0.4 is 9.96 Å². The van der Waals surface area contributed by atoms with E-state index in [2.05, 4.69) is 0 Å². The van der Waals surface area contributed by atoms with Crippen LogP contribution in [0.5, 0.6) is 0 Å². The van der Waals surface area contributed by atoms with Crippen molar-refractivity contribution in [3.05, 3.63) is 94.8 Å². The quantitative estimate of drug-likeness (QED) is 0.551. The molecule has 156 valence electrons. The van der Waals surface area contributed by atoms with Gasteiger partial charge in [0.15, 0.2) is 6.10 Å². The van der Waals surface area contributed by atoms with Gasteiger partial charge in [0.2, 0.25) is 5.91 Å². The van der Waals surface area contributed by atoms with Crippen LogP contribution in [0.1, 0.15) is 17.2 Å². The Morgan fingerprint density at radius 3 is 2.29 bits per heavy atom. The molecule has 2 fully saturated rings. The SMILES string of the molecule is Cc1ccc([C@@H]2[C@H]3C(=O)N(c4ccc(Cl)c(F)c4)C(=O)[C@H]3ON2c2ccccc2)cc1. The zero-order valence-corrected chi connectivity index (χ0v) is 17.3. The van der Waals surface area contributed by atoms with Crippen molar-refractivity contribution >= 4 is 34.8 Å². The summed E-state index contributed by atoms with van der Waals surface area (Å²) in [6.07, 6.45) is -1.00. The highest BCUT2D eigenvalue weighted by Gasteiger charge is 2.60. The molecule has 3 aromatic carbocycles. The van der Waals surface area contributed by atoms with Gasteiger partial charge in [-0.1, -0.05) is 59.6 Å². The van der Waals surface area contributed by atoms with Crippen LogP contribution >= 0.6 is 11.6 Å². The van der Waals surface area contributed by atoms with Crippen LogP contribution in [0.25, 0.3) is 0 Å². The molecule has 0 N–H and O–H groups in total. The molecule has 0 aromatic heterocycles. The number of hydrogen-bond acceptors (Lipinski definition) is 4. The van der Waals surface area contributed by atoms with Crippen LogP contribution in [0.2, 0.25) is 5.02 Å². The number of hydroxylamine groups is 1. The summed E-state index contributed by atoms with van der Waals surface area (Å²) in [7, 11) is 0. The van der Waals surface area contributed by atoms with Gasteiger partial charge >= 0.3 is 0 Å². The van der Waals surface area contributed by atoms with Gasteiger partial charge < -0.3 is 0 Å². The summed E-state index contributed by atoms with van der Waals surface area (Å²) in [5, 5.41) is 1.56. The predicted molar refractivity (Wildman–Crippen MR) is 115 cm³/mol. The maximum Gasteiger partial charge on any atom is 0.266 e. The van der Waals surface area contributed by atoms with Crippen LogP contribution in [0.3, 0.4) is 0 Å². The van der Waals surface area contributed by atoms with Gasteiger partial charge in [-0.05, 0) is 42.8 Å². The number of carbonyl (C=O) groups is 2. The monoisotopic (exact) mass is 436 g/mol. The van der Waals surface area contributed by atoms with Crippen LogP contribution in [-0.4, -0.2) is 17.9 Å². The van der Waals surface area contributed by atoms with Crippen molar-refractivity contribution < 1.29 is 18.8 Å². The van der Waals surface area contributed by atoms with Crippen molar-refractivity contribution in [3.63, 3.8) is 0 Å². The van der Waals surface area contributed by atoms with Gasteiger partial charge in [0.1, 0.15) is 11.7 Å². The van der Waals surface area contributed by atoms with Crippen molar-refractivity contribution in [1.82, 2.24) is 0 Å². The molecule has 5 nitrogen and oxygen atoms in total. The maximum atomic E-state index is 14.0. The fourth-order valence-electron chi connectivity index (χ4n) is 4.19. The lowest BCUT2D eigenvalue weighted by molar-refractivity contribution is -0.126. The molecule has 2 aliphatic rings. The first-order valence-corrected chi connectivity index (χ1v) is 10.2. The number of aryl methyl sites for hydroxylation is 1. The number of fused-ring (bicyclic) bond motifs is 1. The zero-order chi connectivity index (χ0) is 21.7. The summed E-state index contributed by atoms with van der Waals surface area (Å²) < 4.78 is 14.0. The van der Waals surface area contributed by atoms with Gasteiger partial charge in [-0.3, -0.25) is 14.4 Å². The third-order valence-electron chi connectivity index (χ3n) is 5.71. The van der Waals surface area contributed by atoms with Crippen LogP contribution in [0, 0.1) is 18.7 Å². The van der Waals surface area contributed by atoms with Gasteiger partial charge in [0.25, 0.3) is 5.91 Å². The fraction of sp³-hybridized carbons (Fsp3) is 0.167. The molecule has 0 radical (unpaired) electrons. The minimum absolute atomic E-state index is 0.0768. The minimum Gasteiger partial charge on any atom is -0.273 e. The molecule has 0 bridgehead atoms.